The van der Waals surface area contributed by atoms with E-state index in [0.29, 0.717) is 32.1 Å². The molecule has 0 radical (unpaired) electrons. The predicted molar refractivity (Wildman–Crippen MR) is 116 cm³/mol. The molecule has 0 aliphatic carbocycles. The zero-order valence-corrected chi connectivity index (χ0v) is 20.3. The summed E-state index contributed by atoms with van der Waals surface area (Å²) < 4.78 is 33.5. The highest BCUT2D eigenvalue weighted by molar-refractivity contribution is 5.79. The van der Waals surface area contributed by atoms with Crippen LogP contribution in [0.15, 0.2) is 0 Å². The number of rotatable bonds is 15. The number of carbonyl (C=O) groups is 4. The monoisotopic (exact) mass is 474 g/mol. The molecule has 0 aromatic rings. The molecule has 190 valence electrons. The van der Waals surface area contributed by atoms with Gasteiger partial charge in [-0.25, -0.2) is 0 Å². The number of ether oxygens (including phenoxy) is 6. The van der Waals surface area contributed by atoms with Gasteiger partial charge in [-0.2, -0.15) is 0 Å². The lowest BCUT2D eigenvalue weighted by Crippen LogP contribution is -2.62. The van der Waals surface area contributed by atoms with E-state index in [9.17, 15) is 19.2 Å². The lowest BCUT2D eigenvalue weighted by atomic mass is 10.0. The van der Waals surface area contributed by atoms with Gasteiger partial charge in [0.1, 0.15) is 6.61 Å². The van der Waals surface area contributed by atoms with Crippen molar-refractivity contribution in [2.75, 3.05) is 13.7 Å². The van der Waals surface area contributed by atoms with Gasteiger partial charge in [0.25, 0.3) is 0 Å². The minimum absolute atomic E-state index is 0.112. The number of carbonyl (C=O) groups excluding carboxylic acids is 4. The van der Waals surface area contributed by atoms with Crippen molar-refractivity contribution >= 4 is 23.7 Å². The summed E-state index contributed by atoms with van der Waals surface area (Å²) in [5.41, 5.74) is 0. The number of hydrogen-bond donors (Lipinski definition) is 0. The zero-order valence-electron chi connectivity index (χ0n) is 20.3. The van der Waals surface area contributed by atoms with Crippen LogP contribution >= 0.6 is 0 Å². The van der Waals surface area contributed by atoms with Crippen LogP contribution in [0.5, 0.6) is 0 Å². The average Bonchev–Trinajstić information content (AvgIpc) is 2.76. The smallest absolute Gasteiger partial charge is 0.306 e. The van der Waals surface area contributed by atoms with Gasteiger partial charge in [0.15, 0.2) is 24.1 Å². The number of Topliss-reactive ketones (excluding diaryl/α,β-unsaturated/α-hetero) is 1. The van der Waals surface area contributed by atoms with Crippen molar-refractivity contribution in [3.8, 4) is 0 Å². The third-order valence-electron chi connectivity index (χ3n) is 4.79. The van der Waals surface area contributed by atoms with Gasteiger partial charge in [0.05, 0.1) is 0 Å². The van der Waals surface area contributed by atoms with Crippen LogP contribution in [0.25, 0.3) is 0 Å². The van der Waals surface area contributed by atoms with Crippen LogP contribution < -0.4 is 0 Å². The van der Waals surface area contributed by atoms with Gasteiger partial charge in [-0.05, 0) is 25.7 Å². The van der Waals surface area contributed by atoms with Gasteiger partial charge in [-0.15, -0.1) is 0 Å². The van der Waals surface area contributed by atoms with Crippen molar-refractivity contribution in [3.63, 3.8) is 0 Å². The second-order valence-electron chi connectivity index (χ2n) is 7.82. The third kappa shape index (κ3) is 9.77. The predicted octanol–water partition coefficient (Wildman–Crippen LogP) is 2.84. The van der Waals surface area contributed by atoms with E-state index in [1.807, 2.05) is 27.7 Å². The van der Waals surface area contributed by atoms with Gasteiger partial charge < -0.3 is 28.4 Å². The summed E-state index contributed by atoms with van der Waals surface area (Å²) in [6.07, 6.45) is -3.20. The van der Waals surface area contributed by atoms with Crippen molar-refractivity contribution in [3.05, 3.63) is 0 Å². The van der Waals surface area contributed by atoms with Gasteiger partial charge in [-0.3, -0.25) is 19.2 Å². The highest BCUT2D eigenvalue weighted by Gasteiger charge is 2.53. The third-order valence-corrected chi connectivity index (χ3v) is 4.79. The summed E-state index contributed by atoms with van der Waals surface area (Å²) in [5.74, 6) is -1.83. The van der Waals surface area contributed by atoms with Crippen LogP contribution in [0, 0.1) is 0 Å². The van der Waals surface area contributed by atoms with E-state index >= 15 is 0 Å². The summed E-state index contributed by atoms with van der Waals surface area (Å²) >= 11 is 0. The molecule has 0 aromatic heterocycles. The molecular weight excluding hydrogens is 436 g/mol. The van der Waals surface area contributed by atoms with Crippen molar-refractivity contribution in [2.45, 2.75) is 110 Å². The summed E-state index contributed by atoms with van der Waals surface area (Å²) in [6.45, 7) is 7.02. The first-order valence-corrected chi connectivity index (χ1v) is 11.7. The molecule has 0 bridgehead atoms. The molecule has 0 aromatic carbocycles. The molecule has 0 N–H and O–H groups in total. The minimum atomic E-state index is -1.27. The summed E-state index contributed by atoms with van der Waals surface area (Å²) in [4.78, 5) is 49.0. The van der Waals surface area contributed by atoms with Crippen LogP contribution in [0.4, 0.5) is 0 Å². The number of esters is 3. The molecule has 5 atom stereocenters. The van der Waals surface area contributed by atoms with Crippen LogP contribution in [0.1, 0.15) is 79.1 Å². The number of ketones is 1. The van der Waals surface area contributed by atoms with Gasteiger partial charge >= 0.3 is 17.9 Å². The van der Waals surface area contributed by atoms with E-state index in [-0.39, 0.29) is 31.7 Å². The van der Waals surface area contributed by atoms with Crippen molar-refractivity contribution in [1.29, 1.82) is 0 Å². The van der Waals surface area contributed by atoms with Crippen LogP contribution in [0.3, 0.4) is 0 Å². The second-order valence-corrected chi connectivity index (χ2v) is 7.82. The Hall–Kier alpha value is -2.04. The van der Waals surface area contributed by atoms with Gasteiger partial charge in [0.2, 0.25) is 12.6 Å². The molecule has 1 heterocycles. The Morgan fingerprint density at radius 3 is 1.48 bits per heavy atom. The highest BCUT2D eigenvalue weighted by Crippen LogP contribution is 2.30. The Labute approximate surface area is 195 Å². The molecule has 10 heteroatoms. The second kappa shape index (κ2) is 15.7. The molecule has 0 saturated carbocycles. The Morgan fingerprint density at radius 1 is 0.636 bits per heavy atom. The number of methoxy groups -OCH3 is 1. The molecule has 1 saturated heterocycles. The van der Waals surface area contributed by atoms with Gasteiger partial charge in [-0.1, -0.05) is 27.7 Å². The van der Waals surface area contributed by atoms with Crippen molar-refractivity contribution < 1.29 is 47.6 Å². The fraction of sp³-hybridized carbons (Fsp3) is 0.826. The Morgan fingerprint density at radius 2 is 1.06 bits per heavy atom. The maximum absolute atomic E-state index is 12.4. The van der Waals surface area contributed by atoms with Crippen molar-refractivity contribution in [1.82, 2.24) is 0 Å². The van der Waals surface area contributed by atoms with E-state index < -0.39 is 48.8 Å². The highest BCUT2D eigenvalue weighted by atomic mass is 16.8. The molecule has 0 amide bonds. The topological polar surface area (TPSA) is 124 Å². The van der Waals surface area contributed by atoms with E-state index in [1.54, 1.807) is 0 Å². The van der Waals surface area contributed by atoms with E-state index in [4.69, 9.17) is 28.4 Å². The maximum atomic E-state index is 12.4. The Bertz CT molecular complexity index is 635. The Balaban J connectivity index is 3.27. The quantitative estimate of drug-likeness (QED) is 0.258. The first kappa shape index (κ1) is 29.0. The van der Waals surface area contributed by atoms with Gasteiger partial charge in [0, 0.05) is 32.8 Å². The first-order chi connectivity index (χ1) is 15.8. The zero-order chi connectivity index (χ0) is 24.8. The van der Waals surface area contributed by atoms with E-state index in [0.717, 1.165) is 0 Å². The Kier molecular flexibility index (Phi) is 13.8. The molecule has 0 spiro atoms. The lowest BCUT2D eigenvalue weighted by Gasteiger charge is -2.43. The molecule has 1 fully saturated rings. The van der Waals surface area contributed by atoms with E-state index in [1.165, 1.54) is 7.11 Å². The first-order valence-electron chi connectivity index (χ1n) is 11.7. The SMILES string of the molecule is CCCC(=O)CO[C@H]1O[C@H](OC)[C@H](OC(=O)CCC)[C@@H](OC(=O)CCC)[C@@H]1OC(=O)CCC. The molecule has 1 aliphatic heterocycles. The number of hydrogen-bond acceptors (Lipinski definition) is 10. The lowest BCUT2D eigenvalue weighted by molar-refractivity contribution is -0.347. The van der Waals surface area contributed by atoms with E-state index in [2.05, 4.69) is 0 Å². The average molecular weight is 475 g/mol. The molecular formula is C23H38O10. The summed E-state index contributed by atoms with van der Waals surface area (Å²) in [7, 11) is 1.33. The molecule has 10 nitrogen and oxygen atoms in total. The maximum Gasteiger partial charge on any atom is 0.306 e. The van der Waals surface area contributed by atoms with Crippen LogP contribution in [-0.2, 0) is 47.6 Å². The fourth-order valence-electron chi connectivity index (χ4n) is 3.26. The normalized spacial score (nSPS) is 24.7. The molecule has 1 aliphatic rings. The van der Waals surface area contributed by atoms with Crippen LogP contribution in [-0.4, -0.2) is 68.3 Å². The van der Waals surface area contributed by atoms with Crippen LogP contribution in [0.2, 0.25) is 0 Å². The summed E-state index contributed by atoms with van der Waals surface area (Å²) in [5, 5.41) is 0. The summed E-state index contributed by atoms with van der Waals surface area (Å²) in [6, 6.07) is 0. The molecule has 33 heavy (non-hydrogen) atoms. The standard InChI is InChI=1S/C23H38O10/c1-6-10-15(24)14-29-23-21(32-18(27)13-9-4)19(30-16(25)11-7-2)20(22(28-5)33-23)31-17(26)12-8-3/h19-23H,6-14H2,1-5H3/t19-,20-,21+,22+,23+/m1/s1. The fourth-order valence-corrected chi connectivity index (χ4v) is 3.26. The minimum Gasteiger partial charge on any atom is -0.454 e. The van der Waals surface area contributed by atoms with Crippen molar-refractivity contribution in [2.24, 2.45) is 0 Å². The largest absolute Gasteiger partial charge is 0.454 e. The molecule has 1 rings (SSSR count). The molecule has 0 unspecified atom stereocenters.